The molecule has 166 valence electrons. The number of halogens is 1. The fourth-order valence-electron chi connectivity index (χ4n) is 2.93. The first-order chi connectivity index (χ1) is 15.3. The Labute approximate surface area is 197 Å². The molecule has 3 aromatic rings. The van der Waals surface area contributed by atoms with Crippen LogP contribution in [-0.2, 0) is 10.2 Å². The summed E-state index contributed by atoms with van der Waals surface area (Å²) in [7, 11) is 0. The lowest BCUT2D eigenvalue weighted by atomic mass is 9.87. The van der Waals surface area contributed by atoms with Gasteiger partial charge in [-0.2, -0.15) is 0 Å². The SMILES string of the molecule is CC(C)(C)c1ccc(NC(=O)c2cccnc2SC(NC(=O)CCl)c2ccncc2)cc1. The summed E-state index contributed by atoms with van der Waals surface area (Å²) in [6.45, 7) is 6.42. The summed E-state index contributed by atoms with van der Waals surface area (Å²) in [6, 6.07) is 14.8. The van der Waals surface area contributed by atoms with Crippen LogP contribution in [-0.4, -0.2) is 27.7 Å². The Hall–Kier alpha value is -2.90. The largest absolute Gasteiger partial charge is 0.339 e. The van der Waals surface area contributed by atoms with E-state index in [1.807, 2.05) is 24.3 Å². The van der Waals surface area contributed by atoms with E-state index in [0.717, 1.165) is 5.56 Å². The van der Waals surface area contributed by atoms with Crippen molar-refractivity contribution in [3.05, 3.63) is 83.8 Å². The van der Waals surface area contributed by atoms with Crippen LogP contribution in [0.2, 0.25) is 0 Å². The summed E-state index contributed by atoms with van der Waals surface area (Å²) in [5, 5.41) is 5.81. The highest BCUT2D eigenvalue weighted by Gasteiger charge is 2.21. The summed E-state index contributed by atoms with van der Waals surface area (Å²) in [6.07, 6.45) is 4.90. The van der Waals surface area contributed by atoms with Gasteiger partial charge in [0.15, 0.2) is 0 Å². The van der Waals surface area contributed by atoms with Gasteiger partial charge in [-0.15, -0.1) is 11.6 Å². The van der Waals surface area contributed by atoms with Crippen LogP contribution in [0.3, 0.4) is 0 Å². The zero-order valence-electron chi connectivity index (χ0n) is 18.1. The van der Waals surface area contributed by atoms with Gasteiger partial charge in [-0.3, -0.25) is 14.6 Å². The van der Waals surface area contributed by atoms with E-state index in [1.165, 1.54) is 17.3 Å². The maximum absolute atomic E-state index is 13.0. The number of anilines is 1. The summed E-state index contributed by atoms with van der Waals surface area (Å²) in [5.74, 6) is -0.759. The van der Waals surface area contributed by atoms with E-state index in [9.17, 15) is 9.59 Å². The number of aromatic nitrogens is 2. The van der Waals surface area contributed by atoms with Crippen molar-refractivity contribution in [2.24, 2.45) is 0 Å². The predicted molar refractivity (Wildman–Crippen MR) is 129 cm³/mol. The Morgan fingerprint density at radius 2 is 1.72 bits per heavy atom. The highest BCUT2D eigenvalue weighted by molar-refractivity contribution is 7.99. The maximum Gasteiger partial charge on any atom is 0.258 e. The highest BCUT2D eigenvalue weighted by atomic mass is 35.5. The Morgan fingerprint density at radius 1 is 1.03 bits per heavy atom. The number of benzene rings is 1. The van der Waals surface area contributed by atoms with E-state index in [2.05, 4.69) is 41.4 Å². The van der Waals surface area contributed by atoms with E-state index < -0.39 is 5.37 Å². The van der Waals surface area contributed by atoms with E-state index in [0.29, 0.717) is 16.3 Å². The lowest BCUT2D eigenvalue weighted by Gasteiger charge is -2.20. The van der Waals surface area contributed by atoms with Gasteiger partial charge in [0, 0.05) is 24.3 Å². The molecule has 0 saturated heterocycles. The van der Waals surface area contributed by atoms with E-state index in [1.54, 1.807) is 42.9 Å². The number of rotatable bonds is 7. The van der Waals surface area contributed by atoms with Crippen molar-refractivity contribution in [1.82, 2.24) is 15.3 Å². The van der Waals surface area contributed by atoms with Gasteiger partial charge in [0.1, 0.15) is 16.3 Å². The molecule has 0 spiro atoms. The van der Waals surface area contributed by atoms with Gasteiger partial charge in [0.2, 0.25) is 5.91 Å². The number of nitrogens with one attached hydrogen (secondary N) is 2. The number of thioether (sulfide) groups is 1. The third-order valence-electron chi connectivity index (χ3n) is 4.68. The minimum absolute atomic E-state index is 0.0329. The lowest BCUT2D eigenvalue weighted by molar-refractivity contribution is -0.118. The highest BCUT2D eigenvalue weighted by Crippen LogP contribution is 2.34. The van der Waals surface area contributed by atoms with Crippen molar-refractivity contribution >= 4 is 40.9 Å². The van der Waals surface area contributed by atoms with Crippen molar-refractivity contribution in [3.8, 4) is 0 Å². The average Bonchev–Trinajstić information content (AvgIpc) is 2.79. The summed E-state index contributed by atoms with van der Waals surface area (Å²) in [4.78, 5) is 33.4. The average molecular weight is 469 g/mol. The van der Waals surface area contributed by atoms with Crippen LogP contribution in [0.15, 0.2) is 72.1 Å². The smallest absolute Gasteiger partial charge is 0.258 e. The van der Waals surface area contributed by atoms with Crippen LogP contribution in [0, 0.1) is 0 Å². The normalized spacial score (nSPS) is 12.1. The third-order valence-corrected chi connectivity index (χ3v) is 6.09. The van der Waals surface area contributed by atoms with Crippen LogP contribution >= 0.6 is 23.4 Å². The molecule has 1 atom stereocenters. The van der Waals surface area contributed by atoms with Crippen molar-refractivity contribution in [2.75, 3.05) is 11.2 Å². The molecule has 2 aromatic heterocycles. The molecule has 8 heteroatoms. The van der Waals surface area contributed by atoms with Crippen LogP contribution in [0.4, 0.5) is 5.69 Å². The van der Waals surface area contributed by atoms with Crippen molar-refractivity contribution in [3.63, 3.8) is 0 Å². The molecule has 3 rings (SSSR count). The number of nitrogens with zero attached hydrogens (tertiary/aromatic N) is 2. The summed E-state index contributed by atoms with van der Waals surface area (Å²) in [5.41, 5.74) is 3.15. The number of hydrogen-bond acceptors (Lipinski definition) is 5. The maximum atomic E-state index is 13.0. The molecule has 0 aliphatic heterocycles. The summed E-state index contributed by atoms with van der Waals surface area (Å²) < 4.78 is 0. The first-order valence-corrected chi connectivity index (χ1v) is 11.5. The topological polar surface area (TPSA) is 84.0 Å². The van der Waals surface area contributed by atoms with Crippen LogP contribution in [0.25, 0.3) is 0 Å². The molecule has 1 aromatic carbocycles. The standard InChI is InChI=1S/C24H25ClN4O2S/c1-24(2,3)17-6-8-18(9-7-17)28-21(31)19-5-4-12-27-23(19)32-22(29-20(30)15-25)16-10-13-26-14-11-16/h4-14,22H,15H2,1-3H3,(H,28,31)(H,29,30). The number of pyridine rings is 2. The molecule has 0 bridgehead atoms. The number of carbonyl (C=O) groups excluding carboxylic acids is 2. The fourth-order valence-corrected chi connectivity index (χ4v) is 4.12. The molecule has 2 heterocycles. The van der Waals surface area contributed by atoms with Gasteiger partial charge >= 0.3 is 0 Å². The van der Waals surface area contributed by atoms with Gasteiger partial charge in [-0.05, 0) is 52.9 Å². The molecule has 0 aliphatic rings. The predicted octanol–water partition coefficient (Wildman–Crippen LogP) is 5.17. The minimum atomic E-state index is -0.475. The first-order valence-electron chi connectivity index (χ1n) is 10.1. The Balaban J connectivity index is 1.82. The van der Waals surface area contributed by atoms with E-state index >= 15 is 0 Å². The van der Waals surface area contributed by atoms with Gasteiger partial charge in [0.05, 0.1) is 5.56 Å². The summed E-state index contributed by atoms with van der Waals surface area (Å²) >= 11 is 6.95. The van der Waals surface area contributed by atoms with Gasteiger partial charge in [0.25, 0.3) is 5.91 Å². The first kappa shape index (κ1) is 23.8. The molecule has 2 N–H and O–H groups in total. The Morgan fingerprint density at radius 3 is 2.34 bits per heavy atom. The molecule has 0 saturated carbocycles. The molecule has 6 nitrogen and oxygen atoms in total. The monoisotopic (exact) mass is 468 g/mol. The molecule has 32 heavy (non-hydrogen) atoms. The van der Waals surface area contributed by atoms with Crippen molar-refractivity contribution in [1.29, 1.82) is 0 Å². The molecule has 1 unspecified atom stereocenters. The number of amides is 2. The Kier molecular flexibility index (Phi) is 7.88. The number of alkyl halides is 1. The zero-order chi connectivity index (χ0) is 23.1. The zero-order valence-corrected chi connectivity index (χ0v) is 19.7. The molecule has 0 aliphatic carbocycles. The van der Waals surface area contributed by atoms with E-state index in [4.69, 9.17) is 11.6 Å². The second kappa shape index (κ2) is 10.6. The van der Waals surface area contributed by atoms with Crippen LogP contribution in [0.1, 0.15) is 47.6 Å². The second-order valence-corrected chi connectivity index (χ2v) is 9.48. The van der Waals surface area contributed by atoms with Crippen molar-refractivity contribution in [2.45, 2.75) is 36.6 Å². The quantitative estimate of drug-likeness (QED) is 0.284. The van der Waals surface area contributed by atoms with Crippen LogP contribution < -0.4 is 10.6 Å². The Bertz CT molecular complexity index is 1070. The molecular weight excluding hydrogens is 444 g/mol. The van der Waals surface area contributed by atoms with E-state index in [-0.39, 0.29) is 23.1 Å². The third kappa shape index (κ3) is 6.31. The second-order valence-electron chi connectivity index (χ2n) is 8.12. The van der Waals surface area contributed by atoms with Crippen molar-refractivity contribution < 1.29 is 9.59 Å². The number of carbonyl (C=O) groups is 2. The van der Waals surface area contributed by atoms with Gasteiger partial charge in [-0.25, -0.2) is 4.98 Å². The molecule has 2 amide bonds. The minimum Gasteiger partial charge on any atom is -0.339 e. The van der Waals surface area contributed by atoms with Gasteiger partial charge in [-0.1, -0.05) is 44.7 Å². The molecule has 0 radical (unpaired) electrons. The van der Waals surface area contributed by atoms with Gasteiger partial charge < -0.3 is 10.6 Å². The fraction of sp³-hybridized carbons (Fsp3) is 0.250. The number of hydrogen-bond donors (Lipinski definition) is 2. The molecule has 0 fully saturated rings. The molecular formula is C24H25ClN4O2S. The lowest BCUT2D eigenvalue weighted by Crippen LogP contribution is -2.28. The van der Waals surface area contributed by atoms with Crippen LogP contribution in [0.5, 0.6) is 0 Å².